The molecule has 0 spiro atoms. The minimum atomic E-state index is -0.880. The van der Waals surface area contributed by atoms with E-state index in [1.807, 2.05) is 6.92 Å². The van der Waals surface area contributed by atoms with Gasteiger partial charge in [0.15, 0.2) is 0 Å². The lowest BCUT2D eigenvalue weighted by Crippen LogP contribution is -2.33. The molecule has 1 unspecified atom stereocenters. The van der Waals surface area contributed by atoms with Crippen molar-refractivity contribution in [2.45, 2.75) is 38.5 Å². The van der Waals surface area contributed by atoms with Crippen molar-refractivity contribution in [3.8, 4) is 0 Å². The van der Waals surface area contributed by atoms with Gasteiger partial charge in [0, 0.05) is 12.5 Å². The summed E-state index contributed by atoms with van der Waals surface area (Å²) in [6.45, 7) is 2.06. The normalized spacial score (nSPS) is 16.1. The zero-order valence-corrected chi connectivity index (χ0v) is 10.9. The van der Waals surface area contributed by atoms with E-state index in [1.165, 1.54) is 6.26 Å². The van der Waals surface area contributed by atoms with Crippen LogP contribution in [-0.2, 0) is 4.79 Å². The number of nitrogens with zero attached hydrogens (tertiary/aromatic N) is 1. The number of aliphatic carboxylic acids is 1. The van der Waals surface area contributed by atoms with Crippen LogP contribution < -0.4 is 5.32 Å². The van der Waals surface area contributed by atoms with Gasteiger partial charge in [-0.25, -0.2) is 0 Å². The predicted octanol–water partition coefficient (Wildman–Crippen LogP) is 1.78. The summed E-state index contributed by atoms with van der Waals surface area (Å²) in [5, 5.41) is 15.5. The fourth-order valence-corrected chi connectivity index (χ4v) is 2.04. The molecule has 2 rings (SSSR count). The summed E-state index contributed by atoms with van der Waals surface area (Å²) in [4.78, 5) is 23.0. The maximum Gasteiger partial charge on any atom is 0.308 e. The van der Waals surface area contributed by atoms with Gasteiger partial charge in [-0.15, -0.1) is 0 Å². The van der Waals surface area contributed by atoms with Crippen LogP contribution in [0.5, 0.6) is 0 Å². The lowest BCUT2D eigenvalue weighted by Gasteiger charge is -2.11. The third-order valence-corrected chi connectivity index (χ3v) is 3.30. The highest BCUT2D eigenvalue weighted by atomic mass is 16.5. The van der Waals surface area contributed by atoms with Crippen LogP contribution in [0.3, 0.4) is 0 Å². The van der Waals surface area contributed by atoms with Crippen molar-refractivity contribution >= 4 is 11.9 Å². The van der Waals surface area contributed by atoms with E-state index in [4.69, 9.17) is 9.63 Å². The van der Waals surface area contributed by atoms with Crippen LogP contribution in [0.15, 0.2) is 10.8 Å². The molecule has 1 aliphatic carbocycles. The van der Waals surface area contributed by atoms with Crippen LogP contribution in [-0.4, -0.2) is 28.7 Å². The second-order valence-electron chi connectivity index (χ2n) is 4.92. The smallest absolute Gasteiger partial charge is 0.308 e. The maximum absolute atomic E-state index is 12.0. The summed E-state index contributed by atoms with van der Waals surface area (Å²) < 4.78 is 4.84. The standard InChI is InChI=1S/C13H18N2O4/c1-2-3-9(13(17)18)6-14-12(16)10-7-19-15-11(10)8-4-5-8/h7-9H,2-6H2,1H3,(H,14,16)(H,17,18). The maximum atomic E-state index is 12.0. The molecule has 0 bridgehead atoms. The largest absolute Gasteiger partial charge is 0.481 e. The summed E-state index contributed by atoms with van der Waals surface area (Å²) in [5.41, 5.74) is 1.13. The number of amides is 1. The number of carbonyl (C=O) groups excluding carboxylic acids is 1. The molecule has 1 aromatic heterocycles. The third-order valence-electron chi connectivity index (χ3n) is 3.30. The molecule has 2 N–H and O–H groups in total. The van der Waals surface area contributed by atoms with Crippen LogP contribution in [0.1, 0.15) is 54.6 Å². The Morgan fingerprint density at radius 2 is 2.32 bits per heavy atom. The summed E-state index contributed by atoms with van der Waals surface area (Å²) in [7, 11) is 0. The van der Waals surface area contributed by atoms with Crippen molar-refractivity contribution in [1.29, 1.82) is 0 Å². The van der Waals surface area contributed by atoms with E-state index in [2.05, 4.69) is 10.5 Å². The van der Waals surface area contributed by atoms with Crippen LogP contribution in [0.25, 0.3) is 0 Å². The van der Waals surface area contributed by atoms with Crippen molar-refractivity contribution < 1.29 is 19.2 Å². The molecular weight excluding hydrogens is 248 g/mol. The molecule has 6 nitrogen and oxygen atoms in total. The van der Waals surface area contributed by atoms with Gasteiger partial charge in [0.2, 0.25) is 0 Å². The van der Waals surface area contributed by atoms with Gasteiger partial charge in [-0.2, -0.15) is 0 Å². The van der Waals surface area contributed by atoms with Crippen LogP contribution in [0, 0.1) is 5.92 Å². The Bertz CT molecular complexity index is 465. The molecule has 6 heteroatoms. The Kier molecular flexibility index (Phi) is 4.19. The van der Waals surface area contributed by atoms with Gasteiger partial charge in [-0.1, -0.05) is 18.5 Å². The van der Waals surface area contributed by atoms with Crippen molar-refractivity contribution in [1.82, 2.24) is 10.5 Å². The van der Waals surface area contributed by atoms with Crippen LogP contribution in [0.4, 0.5) is 0 Å². The van der Waals surface area contributed by atoms with Gasteiger partial charge in [0.1, 0.15) is 11.8 Å². The molecule has 0 aromatic carbocycles. The molecule has 0 aliphatic heterocycles. The summed E-state index contributed by atoms with van der Waals surface area (Å²) in [6, 6.07) is 0. The number of carboxylic acid groups (broad SMARTS) is 1. The topological polar surface area (TPSA) is 92.4 Å². The van der Waals surface area contributed by atoms with Gasteiger partial charge < -0.3 is 14.9 Å². The minimum absolute atomic E-state index is 0.136. The number of rotatable bonds is 7. The number of hydrogen-bond donors (Lipinski definition) is 2. The van der Waals surface area contributed by atoms with E-state index < -0.39 is 11.9 Å². The van der Waals surface area contributed by atoms with Gasteiger partial charge in [-0.05, 0) is 19.3 Å². The summed E-state index contributed by atoms with van der Waals surface area (Å²) >= 11 is 0. The zero-order chi connectivity index (χ0) is 13.8. The Labute approximate surface area is 111 Å². The molecule has 1 atom stereocenters. The molecule has 0 radical (unpaired) electrons. The SMILES string of the molecule is CCCC(CNC(=O)c1conc1C1CC1)C(=O)O. The Morgan fingerprint density at radius 1 is 1.58 bits per heavy atom. The average molecular weight is 266 g/mol. The first kappa shape index (κ1) is 13.6. The summed E-state index contributed by atoms with van der Waals surface area (Å²) in [5.74, 6) is -1.40. The van der Waals surface area contributed by atoms with Crippen molar-refractivity contribution in [3.05, 3.63) is 17.5 Å². The molecule has 1 saturated carbocycles. The third kappa shape index (κ3) is 3.33. The average Bonchev–Trinajstić information content (AvgIpc) is 3.11. The molecule has 19 heavy (non-hydrogen) atoms. The Hall–Kier alpha value is -1.85. The quantitative estimate of drug-likeness (QED) is 0.784. The molecule has 1 aliphatic rings. The van der Waals surface area contributed by atoms with E-state index in [-0.39, 0.29) is 12.5 Å². The van der Waals surface area contributed by atoms with Gasteiger partial charge >= 0.3 is 5.97 Å². The van der Waals surface area contributed by atoms with Gasteiger partial charge in [0.25, 0.3) is 5.91 Å². The predicted molar refractivity (Wildman–Crippen MR) is 66.8 cm³/mol. The molecule has 1 fully saturated rings. The second kappa shape index (κ2) is 5.86. The lowest BCUT2D eigenvalue weighted by atomic mass is 10.0. The zero-order valence-electron chi connectivity index (χ0n) is 10.9. The monoisotopic (exact) mass is 266 g/mol. The van der Waals surface area contributed by atoms with E-state index in [9.17, 15) is 9.59 Å². The molecule has 0 saturated heterocycles. The highest BCUT2D eigenvalue weighted by Crippen LogP contribution is 2.40. The van der Waals surface area contributed by atoms with E-state index in [0.717, 1.165) is 19.3 Å². The van der Waals surface area contributed by atoms with Gasteiger partial charge in [-0.3, -0.25) is 9.59 Å². The number of aromatic nitrogens is 1. The van der Waals surface area contributed by atoms with E-state index >= 15 is 0 Å². The first-order valence-electron chi connectivity index (χ1n) is 6.58. The van der Waals surface area contributed by atoms with Crippen LogP contribution in [0.2, 0.25) is 0 Å². The number of nitrogens with one attached hydrogen (secondary N) is 1. The van der Waals surface area contributed by atoms with Crippen molar-refractivity contribution in [2.24, 2.45) is 5.92 Å². The fourth-order valence-electron chi connectivity index (χ4n) is 2.04. The molecular formula is C13H18N2O4. The highest BCUT2D eigenvalue weighted by Gasteiger charge is 2.31. The van der Waals surface area contributed by atoms with Gasteiger partial charge in [0.05, 0.1) is 11.6 Å². The molecule has 104 valence electrons. The number of hydrogen-bond acceptors (Lipinski definition) is 4. The van der Waals surface area contributed by atoms with Crippen LogP contribution >= 0.6 is 0 Å². The van der Waals surface area contributed by atoms with Crippen molar-refractivity contribution in [3.63, 3.8) is 0 Å². The Balaban J connectivity index is 1.93. The van der Waals surface area contributed by atoms with E-state index in [1.54, 1.807) is 0 Å². The summed E-state index contributed by atoms with van der Waals surface area (Å²) in [6.07, 6.45) is 4.71. The first-order valence-corrected chi connectivity index (χ1v) is 6.58. The number of carbonyl (C=O) groups is 2. The lowest BCUT2D eigenvalue weighted by molar-refractivity contribution is -0.141. The molecule has 1 aromatic rings. The second-order valence-corrected chi connectivity index (χ2v) is 4.92. The molecule has 1 heterocycles. The van der Waals surface area contributed by atoms with E-state index in [0.29, 0.717) is 23.6 Å². The van der Waals surface area contributed by atoms with Crippen molar-refractivity contribution in [2.75, 3.05) is 6.54 Å². The minimum Gasteiger partial charge on any atom is -0.481 e. The fraction of sp³-hybridized carbons (Fsp3) is 0.615. The number of carboxylic acids is 1. The Morgan fingerprint density at radius 3 is 2.89 bits per heavy atom. The molecule has 1 amide bonds. The highest BCUT2D eigenvalue weighted by molar-refractivity contribution is 5.95. The first-order chi connectivity index (χ1) is 9.13.